The second-order valence-corrected chi connectivity index (χ2v) is 7.25. The van der Waals surface area contributed by atoms with Crippen molar-refractivity contribution in [3.63, 3.8) is 0 Å². The predicted octanol–water partition coefficient (Wildman–Crippen LogP) is 2.77. The molecule has 4 rings (SSSR count). The number of carbonyl (C=O) groups is 1. The Kier molecular flexibility index (Phi) is 4.19. The largest absolute Gasteiger partial charge is 0.367 e. The number of aromatic nitrogens is 3. The van der Waals surface area contributed by atoms with Crippen LogP contribution in [-0.4, -0.2) is 44.2 Å². The molecule has 1 amide bonds. The molecule has 0 radical (unpaired) electrons. The number of amides is 1. The number of carbonyl (C=O) groups excluding carboxylic acids is 1. The van der Waals surface area contributed by atoms with Crippen molar-refractivity contribution in [2.75, 3.05) is 11.9 Å². The molecule has 2 aromatic heterocycles. The number of hydrogen-bond acceptors (Lipinski definition) is 4. The fraction of sp³-hybridized carbons (Fsp3) is 0.526. The molecule has 6 nitrogen and oxygen atoms in total. The van der Waals surface area contributed by atoms with Gasteiger partial charge in [0.15, 0.2) is 0 Å². The van der Waals surface area contributed by atoms with Gasteiger partial charge in [-0.05, 0) is 57.7 Å². The lowest BCUT2D eigenvalue weighted by atomic mass is 10.2. The van der Waals surface area contributed by atoms with Crippen LogP contribution >= 0.6 is 0 Å². The molecule has 132 valence electrons. The molecule has 1 atom stereocenters. The van der Waals surface area contributed by atoms with Crippen LogP contribution in [0.25, 0.3) is 0 Å². The first kappa shape index (κ1) is 16.1. The summed E-state index contributed by atoms with van der Waals surface area (Å²) in [6, 6.07) is 6.65. The lowest BCUT2D eigenvalue weighted by Crippen LogP contribution is -2.38. The highest BCUT2D eigenvalue weighted by Gasteiger charge is 2.30. The summed E-state index contributed by atoms with van der Waals surface area (Å²) < 4.78 is 2.02. The zero-order valence-corrected chi connectivity index (χ0v) is 14.9. The van der Waals surface area contributed by atoms with Crippen molar-refractivity contribution in [1.82, 2.24) is 19.7 Å². The van der Waals surface area contributed by atoms with Gasteiger partial charge in [-0.25, -0.2) is 4.98 Å². The van der Waals surface area contributed by atoms with E-state index in [0.717, 1.165) is 43.1 Å². The van der Waals surface area contributed by atoms with Gasteiger partial charge in [0.1, 0.15) is 5.82 Å². The third-order valence-corrected chi connectivity index (χ3v) is 5.06. The van der Waals surface area contributed by atoms with E-state index in [2.05, 4.69) is 28.4 Å². The zero-order valence-electron chi connectivity index (χ0n) is 14.9. The van der Waals surface area contributed by atoms with Gasteiger partial charge in [0.25, 0.3) is 5.91 Å². The van der Waals surface area contributed by atoms with E-state index in [9.17, 15) is 4.79 Å². The molecular weight excluding hydrogens is 314 g/mol. The summed E-state index contributed by atoms with van der Waals surface area (Å²) in [5, 5.41) is 7.90. The highest BCUT2D eigenvalue weighted by Crippen LogP contribution is 2.25. The van der Waals surface area contributed by atoms with E-state index in [-0.39, 0.29) is 11.9 Å². The molecule has 2 aliphatic rings. The monoisotopic (exact) mass is 339 g/mol. The Balaban J connectivity index is 1.45. The molecule has 3 heterocycles. The first-order chi connectivity index (χ1) is 12.1. The van der Waals surface area contributed by atoms with Gasteiger partial charge in [0.2, 0.25) is 0 Å². The molecule has 0 spiro atoms. The Bertz CT molecular complexity index is 763. The zero-order chi connectivity index (χ0) is 17.4. The normalized spacial score (nSPS) is 20.1. The van der Waals surface area contributed by atoms with Crippen LogP contribution in [0.3, 0.4) is 0 Å². The molecule has 1 saturated heterocycles. The molecule has 1 aliphatic heterocycles. The van der Waals surface area contributed by atoms with Crippen LogP contribution in [0, 0.1) is 13.8 Å². The van der Waals surface area contributed by atoms with Gasteiger partial charge >= 0.3 is 0 Å². The van der Waals surface area contributed by atoms with Crippen molar-refractivity contribution in [3.8, 4) is 0 Å². The maximum absolute atomic E-state index is 12.9. The highest BCUT2D eigenvalue weighted by atomic mass is 16.2. The lowest BCUT2D eigenvalue weighted by Gasteiger charge is -2.25. The first-order valence-corrected chi connectivity index (χ1v) is 9.15. The third-order valence-electron chi connectivity index (χ3n) is 5.06. The van der Waals surface area contributed by atoms with Crippen LogP contribution in [0.2, 0.25) is 0 Å². The van der Waals surface area contributed by atoms with Crippen LogP contribution in [0.1, 0.15) is 47.4 Å². The molecular formula is C19H25N5O. The summed E-state index contributed by atoms with van der Waals surface area (Å²) in [5.41, 5.74) is 2.84. The minimum atomic E-state index is 0.0782. The number of hydrogen-bond donors (Lipinski definition) is 1. The number of nitrogens with zero attached hydrogens (tertiary/aromatic N) is 4. The number of rotatable bonds is 5. The molecule has 1 aliphatic carbocycles. The van der Waals surface area contributed by atoms with E-state index < -0.39 is 0 Å². The van der Waals surface area contributed by atoms with E-state index in [0.29, 0.717) is 11.6 Å². The molecule has 1 saturated carbocycles. The third kappa shape index (κ3) is 3.52. The standard InChI is InChI=1S/C19H25N5O/c1-13-10-14(2)24(22-13)12-17-4-3-9-23(17)19(25)15-5-8-18(20-11-15)21-16-6-7-16/h5,8,10-11,16-17H,3-4,6-7,9,12H2,1-2H3,(H,20,21). The van der Waals surface area contributed by atoms with Gasteiger partial charge in [-0.15, -0.1) is 0 Å². The van der Waals surface area contributed by atoms with Crippen LogP contribution < -0.4 is 5.32 Å². The van der Waals surface area contributed by atoms with Crippen LogP contribution in [0.5, 0.6) is 0 Å². The number of likely N-dealkylation sites (tertiary alicyclic amines) is 1. The summed E-state index contributed by atoms with van der Waals surface area (Å²) >= 11 is 0. The predicted molar refractivity (Wildman–Crippen MR) is 96.6 cm³/mol. The van der Waals surface area contributed by atoms with Crippen molar-refractivity contribution >= 4 is 11.7 Å². The van der Waals surface area contributed by atoms with Gasteiger partial charge in [0, 0.05) is 24.5 Å². The summed E-state index contributed by atoms with van der Waals surface area (Å²) in [7, 11) is 0. The van der Waals surface area contributed by atoms with Crippen molar-refractivity contribution in [1.29, 1.82) is 0 Å². The lowest BCUT2D eigenvalue weighted by molar-refractivity contribution is 0.0720. The fourth-order valence-corrected chi connectivity index (χ4v) is 3.56. The Morgan fingerprint density at radius 1 is 1.28 bits per heavy atom. The Hall–Kier alpha value is -2.37. The van der Waals surface area contributed by atoms with E-state index in [4.69, 9.17) is 0 Å². The molecule has 0 aromatic carbocycles. The number of anilines is 1. The Morgan fingerprint density at radius 2 is 2.12 bits per heavy atom. The second-order valence-electron chi connectivity index (χ2n) is 7.25. The Labute approximate surface area is 148 Å². The van der Waals surface area contributed by atoms with Crippen molar-refractivity contribution in [2.45, 2.75) is 58.2 Å². The maximum Gasteiger partial charge on any atom is 0.255 e. The van der Waals surface area contributed by atoms with Gasteiger partial charge in [-0.3, -0.25) is 9.48 Å². The van der Waals surface area contributed by atoms with Crippen molar-refractivity contribution < 1.29 is 4.79 Å². The fourth-order valence-electron chi connectivity index (χ4n) is 3.56. The second kappa shape index (κ2) is 6.50. The average molecular weight is 339 g/mol. The first-order valence-electron chi connectivity index (χ1n) is 9.15. The Morgan fingerprint density at radius 3 is 2.76 bits per heavy atom. The highest BCUT2D eigenvalue weighted by molar-refractivity contribution is 5.94. The number of aryl methyl sites for hydroxylation is 2. The summed E-state index contributed by atoms with van der Waals surface area (Å²) in [5.74, 6) is 0.939. The molecule has 6 heteroatoms. The van der Waals surface area contributed by atoms with Gasteiger partial charge in [-0.2, -0.15) is 5.10 Å². The molecule has 2 aromatic rings. The van der Waals surface area contributed by atoms with Crippen molar-refractivity contribution in [3.05, 3.63) is 41.3 Å². The topological polar surface area (TPSA) is 63.1 Å². The summed E-state index contributed by atoms with van der Waals surface area (Å²) in [4.78, 5) is 19.3. The van der Waals surface area contributed by atoms with Crippen LogP contribution in [0.4, 0.5) is 5.82 Å². The smallest absolute Gasteiger partial charge is 0.255 e. The molecule has 1 N–H and O–H groups in total. The molecule has 25 heavy (non-hydrogen) atoms. The quantitative estimate of drug-likeness (QED) is 0.910. The number of nitrogens with one attached hydrogen (secondary N) is 1. The molecule has 1 unspecified atom stereocenters. The van der Waals surface area contributed by atoms with E-state index in [1.807, 2.05) is 28.6 Å². The van der Waals surface area contributed by atoms with Gasteiger partial charge < -0.3 is 10.2 Å². The minimum absolute atomic E-state index is 0.0782. The van der Waals surface area contributed by atoms with Crippen molar-refractivity contribution in [2.24, 2.45) is 0 Å². The van der Waals surface area contributed by atoms with Gasteiger partial charge in [0.05, 0.1) is 23.8 Å². The van der Waals surface area contributed by atoms with E-state index >= 15 is 0 Å². The minimum Gasteiger partial charge on any atom is -0.367 e. The van der Waals surface area contributed by atoms with Crippen LogP contribution in [0.15, 0.2) is 24.4 Å². The molecule has 0 bridgehead atoms. The molecule has 2 fully saturated rings. The van der Waals surface area contributed by atoms with Gasteiger partial charge in [-0.1, -0.05) is 0 Å². The van der Waals surface area contributed by atoms with E-state index in [1.54, 1.807) is 6.20 Å². The summed E-state index contributed by atoms with van der Waals surface area (Å²) in [6.45, 7) is 5.64. The number of pyridine rings is 1. The maximum atomic E-state index is 12.9. The summed E-state index contributed by atoms with van der Waals surface area (Å²) in [6.07, 6.45) is 6.20. The SMILES string of the molecule is Cc1cc(C)n(CC2CCCN2C(=O)c2ccc(NC3CC3)nc2)n1. The van der Waals surface area contributed by atoms with Crippen LogP contribution in [-0.2, 0) is 6.54 Å². The van der Waals surface area contributed by atoms with E-state index in [1.165, 1.54) is 12.8 Å². The average Bonchev–Trinajstić information content (AvgIpc) is 3.19.